The molecule has 1 aliphatic heterocycles. The van der Waals surface area contributed by atoms with Crippen molar-refractivity contribution in [2.75, 3.05) is 25.0 Å². The number of primary amides is 1. The standard InChI is InChI=1S/C14H20FN3O/c1-17-9-11-4-2-3-7-18(11)13-6-5-10(15)8-12(13)14(16)19/h5-6,8,11,17H,2-4,7,9H2,1H3,(H2,16,19). The number of carbonyl (C=O) groups is 1. The molecule has 2 rings (SSSR count). The van der Waals surface area contributed by atoms with Crippen LogP contribution in [0, 0.1) is 5.82 Å². The van der Waals surface area contributed by atoms with Gasteiger partial charge in [0.25, 0.3) is 5.91 Å². The van der Waals surface area contributed by atoms with Crippen molar-refractivity contribution in [3.63, 3.8) is 0 Å². The van der Waals surface area contributed by atoms with Gasteiger partial charge in [0.2, 0.25) is 0 Å². The second-order valence-corrected chi connectivity index (χ2v) is 4.93. The van der Waals surface area contributed by atoms with Crippen molar-refractivity contribution in [1.29, 1.82) is 0 Å². The Bertz CT molecular complexity index is 462. The maximum Gasteiger partial charge on any atom is 0.250 e. The van der Waals surface area contributed by atoms with Gasteiger partial charge >= 0.3 is 0 Å². The molecule has 3 N–H and O–H groups in total. The number of rotatable bonds is 4. The van der Waals surface area contributed by atoms with Crippen LogP contribution < -0.4 is 16.0 Å². The molecule has 1 aromatic rings. The molecule has 1 atom stereocenters. The van der Waals surface area contributed by atoms with E-state index < -0.39 is 11.7 Å². The van der Waals surface area contributed by atoms with Crippen LogP contribution in [0.2, 0.25) is 0 Å². The predicted molar refractivity (Wildman–Crippen MR) is 73.8 cm³/mol. The van der Waals surface area contributed by atoms with Crippen LogP contribution in [-0.2, 0) is 0 Å². The molecule has 0 aliphatic carbocycles. The second kappa shape index (κ2) is 6.02. The number of anilines is 1. The molecule has 1 amide bonds. The zero-order valence-electron chi connectivity index (χ0n) is 11.2. The molecular formula is C14H20FN3O. The van der Waals surface area contributed by atoms with Crippen LogP contribution in [0.25, 0.3) is 0 Å². The second-order valence-electron chi connectivity index (χ2n) is 4.93. The van der Waals surface area contributed by atoms with Gasteiger partial charge in [0.15, 0.2) is 0 Å². The molecule has 4 nitrogen and oxygen atoms in total. The van der Waals surface area contributed by atoms with E-state index in [0.717, 1.165) is 31.6 Å². The van der Waals surface area contributed by atoms with Gasteiger partial charge in [-0.15, -0.1) is 0 Å². The zero-order chi connectivity index (χ0) is 13.8. The van der Waals surface area contributed by atoms with E-state index >= 15 is 0 Å². The largest absolute Gasteiger partial charge is 0.367 e. The van der Waals surface area contributed by atoms with Crippen molar-refractivity contribution in [2.45, 2.75) is 25.3 Å². The first kappa shape index (κ1) is 13.8. The normalized spacial score (nSPS) is 19.5. The molecule has 0 bridgehead atoms. The molecule has 1 aromatic carbocycles. The van der Waals surface area contributed by atoms with Crippen molar-refractivity contribution < 1.29 is 9.18 Å². The van der Waals surface area contributed by atoms with Crippen LogP contribution in [0.3, 0.4) is 0 Å². The molecule has 19 heavy (non-hydrogen) atoms. The van der Waals surface area contributed by atoms with E-state index in [-0.39, 0.29) is 5.56 Å². The topological polar surface area (TPSA) is 58.4 Å². The zero-order valence-corrected chi connectivity index (χ0v) is 11.2. The van der Waals surface area contributed by atoms with E-state index in [9.17, 15) is 9.18 Å². The number of amides is 1. The summed E-state index contributed by atoms with van der Waals surface area (Å²) in [6.45, 7) is 1.72. The summed E-state index contributed by atoms with van der Waals surface area (Å²) in [5.74, 6) is -1.01. The molecule has 0 aromatic heterocycles. The number of carbonyl (C=O) groups excluding carboxylic acids is 1. The Morgan fingerprint density at radius 2 is 2.32 bits per heavy atom. The average Bonchev–Trinajstić information content (AvgIpc) is 2.40. The number of nitrogens with one attached hydrogen (secondary N) is 1. The molecular weight excluding hydrogens is 245 g/mol. The van der Waals surface area contributed by atoms with Gasteiger partial charge in [-0.25, -0.2) is 4.39 Å². The maximum atomic E-state index is 13.3. The number of piperidine rings is 1. The van der Waals surface area contributed by atoms with E-state index in [1.165, 1.54) is 18.6 Å². The summed E-state index contributed by atoms with van der Waals surface area (Å²) < 4.78 is 13.3. The van der Waals surface area contributed by atoms with Gasteiger partial charge < -0.3 is 16.0 Å². The molecule has 1 heterocycles. The van der Waals surface area contributed by atoms with Gasteiger partial charge in [0.1, 0.15) is 5.82 Å². The molecule has 0 spiro atoms. The summed E-state index contributed by atoms with van der Waals surface area (Å²) in [6, 6.07) is 4.58. The SMILES string of the molecule is CNCC1CCCCN1c1ccc(F)cc1C(N)=O. The Hall–Kier alpha value is -1.62. The Morgan fingerprint density at radius 1 is 1.53 bits per heavy atom. The van der Waals surface area contributed by atoms with Gasteiger partial charge in [-0.05, 0) is 44.5 Å². The molecule has 1 fully saturated rings. The van der Waals surface area contributed by atoms with Crippen molar-refractivity contribution in [3.8, 4) is 0 Å². The smallest absolute Gasteiger partial charge is 0.250 e. The number of halogens is 1. The number of nitrogens with two attached hydrogens (primary N) is 1. The minimum Gasteiger partial charge on any atom is -0.367 e. The van der Waals surface area contributed by atoms with Crippen molar-refractivity contribution >= 4 is 11.6 Å². The summed E-state index contributed by atoms with van der Waals surface area (Å²) in [7, 11) is 1.91. The molecule has 5 heteroatoms. The molecule has 1 saturated heterocycles. The van der Waals surface area contributed by atoms with Crippen molar-refractivity contribution in [1.82, 2.24) is 5.32 Å². The van der Waals surface area contributed by atoms with Crippen LogP contribution in [0.5, 0.6) is 0 Å². The maximum absolute atomic E-state index is 13.3. The third-order valence-corrected chi connectivity index (χ3v) is 3.60. The monoisotopic (exact) mass is 265 g/mol. The fourth-order valence-electron chi connectivity index (χ4n) is 2.72. The highest BCUT2D eigenvalue weighted by molar-refractivity contribution is 5.98. The van der Waals surface area contributed by atoms with E-state index in [4.69, 9.17) is 5.73 Å². The number of likely N-dealkylation sites (N-methyl/N-ethyl adjacent to an activating group) is 1. The molecule has 104 valence electrons. The Balaban J connectivity index is 2.35. The van der Waals surface area contributed by atoms with Gasteiger partial charge in [-0.1, -0.05) is 0 Å². The summed E-state index contributed by atoms with van der Waals surface area (Å²) in [6.07, 6.45) is 3.32. The number of hydrogen-bond donors (Lipinski definition) is 2. The van der Waals surface area contributed by atoms with Crippen LogP contribution in [-0.4, -0.2) is 32.1 Å². The predicted octanol–water partition coefficient (Wildman–Crippen LogP) is 1.50. The first-order valence-corrected chi connectivity index (χ1v) is 6.64. The van der Waals surface area contributed by atoms with Gasteiger partial charge in [0, 0.05) is 19.1 Å². The lowest BCUT2D eigenvalue weighted by Crippen LogP contribution is -2.45. The van der Waals surface area contributed by atoms with Gasteiger partial charge in [-0.3, -0.25) is 4.79 Å². The molecule has 0 saturated carbocycles. The Labute approximate surface area is 112 Å². The molecule has 1 unspecified atom stereocenters. The summed E-state index contributed by atoms with van der Waals surface area (Å²) in [5.41, 5.74) is 6.37. The van der Waals surface area contributed by atoms with Crippen molar-refractivity contribution in [3.05, 3.63) is 29.6 Å². The van der Waals surface area contributed by atoms with Crippen LogP contribution in [0.1, 0.15) is 29.6 Å². The first-order valence-electron chi connectivity index (χ1n) is 6.64. The van der Waals surface area contributed by atoms with E-state index in [1.807, 2.05) is 7.05 Å². The van der Waals surface area contributed by atoms with Crippen LogP contribution in [0.4, 0.5) is 10.1 Å². The van der Waals surface area contributed by atoms with E-state index in [1.54, 1.807) is 6.07 Å². The first-order chi connectivity index (χ1) is 9.13. The van der Waals surface area contributed by atoms with Gasteiger partial charge in [-0.2, -0.15) is 0 Å². The lowest BCUT2D eigenvalue weighted by Gasteiger charge is -2.38. The van der Waals surface area contributed by atoms with Crippen LogP contribution >= 0.6 is 0 Å². The summed E-state index contributed by atoms with van der Waals surface area (Å²) in [4.78, 5) is 13.7. The number of nitrogens with zero attached hydrogens (tertiary/aromatic N) is 1. The summed E-state index contributed by atoms with van der Waals surface area (Å²) in [5, 5.41) is 3.17. The number of benzene rings is 1. The van der Waals surface area contributed by atoms with Crippen LogP contribution in [0.15, 0.2) is 18.2 Å². The minimum atomic E-state index is -0.580. The lowest BCUT2D eigenvalue weighted by atomic mass is 9.99. The van der Waals surface area contributed by atoms with E-state index in [0.29, 0.717) is 6.04 Å². The summed E-state index contributed by atoms with van der Waals surface area (Å²) >= 11 is 0. The Morgan fingerprint density at radius 3 is 3.00 bits per heavy atom. The average molecular weight is 265 g/mol. The third kappa shape index (κ3) is 3.04. The fourth-order valence-corrected chi connectivity index (χ4v) is 2.72. The highest BCUT2D eigenvalue weighted by Gasteiger charge is 2.25. The highest BCUT2D eigenvalue weighted by Crippen LogP contribution is 2.28. The van der Waals surface area contributed by atoms with E-state index in [2.05, 4.69) is 10.2 Å². The van der Waals surface area contributed by atoms with Crippen molar-refractivity contribution in [2.24, 2.45) is 5.73 Å². The quantitative estimate of drug-likeness (QED) is 0.867. The van der Waals surface area contributed by atoms with Gasteiger partial charge in [0.05, 0.1) is 11.3 Å². The highest BCUT2D eigenvalue weighted by atomic mass is 19.1. The minimum absolute atomic E-state index is 0.267. The molecule has 1 aliphatic rings. The lowest BCUT2D eigenvalue weighted by molar-refractivity contribution is 0.1000. The Kier molecular flexibility index (Phi) is 4.37. The fraction of sp³-hybridized carbons (Fsp3) is 0.500. The molecule has 0 radical (unpaired) electrons. The third-order valence-electron chi connectivity index (χ3n) is 3.60. The number of hydrogen-bond acceptors (Lipinski definition) is 3.